The Labute approximate surface area is 192 Å². The van der Waals surface area contributed by atoms with Crippen LogP contribution in [0.15, 0.2) is 70.2 Å². The molecule has 0 bridgehead atoms. The van der Waals surface area contributed by atoms with Crippen molar-refractivity contribution in [2.45, 2.75) is 18.7 Å². The molecule has 0 amide bonds. The fourth-order valence-corrected chi connectivity index (χ4v) is 4.72. The monoisotopic (exact) mass is 506 g/mol. The van der Waals surface area contributed by atoms with E-state index < -0.39 is 6.23 Å². The van der Waals surface area contributed by atoms with Crippen LogP contribution in [0.5, 0.6) is 5.75 Å². The molecule has 5 rings (SSSR count). The van der Waals surface area contributed by atoms with Crippen LogP contribution in [-0.2, 0) is 0 Å². The summed E-state index contributed by atoms with van der Waals surface area (Å²) >= 11 is 22.4. The summed E-state index contributed by atoms with van der Waals surface area (Å²) in [5.41, 5.74) is 3.97. The summed E-state index contributed by atoms with van der Waals surface area (Å²) in [5, 5.41) is 8.69. The maximum absolute atomic E-state index is 6.49. The largest absolute Gasteiger partial charge is 0.463 e. The first-order valence-electron chi connectivity index (χ1n) is 9.02. The van der Waals surface area contributed by atoms with Crippen molar-refractivity contribution in [3.63, 3.8) is 0 Å². The molecule has 3 aromatic rings. The van der Waals surface area contributed by atoms with Crippen molar-refractivity contribution in [2.24, 2.45) is 5.10 Å². The summed E-state index contributed by atoms with van der Waals surface area (Å²) in [6.45, 7) is 0. The van der Waals surface area contributed by atoms with Crippen LogP contribution in [0.25, 0.3) is 0 Å². The van der Waals surface area contributed by atoms with E-state index in [1.165, 1.54) is 0 Å². The average Bonchev–Trinajstić information content (AvgIpc) is 3.14. The highest BCUT2D eigenvalue weighted by Gasteiger charge is 2.42. The van der Waals surface area contributed by atoms with Gasteiger partial charge in [0, 0.05) is 32.1 Å². The molecule has 0 N–H and O–H groups in total. The van der Waals surface area contributed by atoms with Gasteiger partial charge in [0.15, 0.2) is 0 Å². The van der Waals surface area contributed by atoms with Crippen molar-refractivity contribution in [3.8, 4) is 5.75 Å². The van der Waals surface area contributed by atoms with Crippen LogP contribution < -0.4 is 4.74 Å². The van der Waals surface area contributed by atoms with Gasteiger partial charge in [-0.05, 0) is 42.0 Å². The van der Waals surface area contributed by atoms with E-state index in [9.17, 15) is 0 Å². The molecule has 0 saturated heterocycles. The quantitative estimate of drug-likeness (QED) is 0.355. The van der Waals surface area contributed by atoms with Gasteiger partial charge in [-0.1, -0.05) is 75.0 Å². The molecular formula is C22H14BrCl3N2O. The van der Waals surface area contributed by atoms with E-state index >= 15 is 0 Å². The standard InChI is InChI=1S/C22H14BrCl3N2O/c23-14-5-1-12(2-6-14)19-11-20-17-9-16(25)10-18(26)21(17)29-22(28(20)27-19)13-3-7-15(24)8-4-13/h1-10,20,22H,11H2/t20-,22+/m0/s1. The van der Waals surface area contributed by atoms with Crippen molar-refractivity contribution in [3.05, 3.63) is 96.9 Å². The Bertz CT molecular complexity index is 1120. The normalized spacial score (nSPS) is 20.0. The zero-order valence-electron chi connectivity index (χ0n) is 14.9. The molecule has 2 heterocycles. The van der Waals surface area contributed by atoms with Crippen LogP contribution in [0.2, 0.25) is 15.1 Å². The Morgan fingerprint density at radius 3 is 2.38 bits per heavy atom. The van der Waals surface area contributed by atoms with Crippen LogP contribution in [0, 0.1) is 0 Å². The third kappa shape index (κ3) is 3.53. The average molecular weight is 509 g/mol. The summed E-state index contributed by atoms with van der Waals surface area (Å²) in [4.78, 5) is 0. The highest BCUT2D eigenvalue weighted by molar-refractivity contribution is 9.10. The molecule has 2 aliphatic rings. The van der Waals surface area contributed by atoms with Gasteiger partial charge in [-0.3, -0.25) is 0 Å². The molecule has 3 nitrogen and oxygen atoms in total. The molecule has 0 saturated carbocycles. The van der Waals surface area contributed by atoms with Crippen molar-refractivity contribution in [1.82, 2.24) is 5.01 Å². The number of nitrogens with zero attached hydrogens (tertiary/aromatic N) is 2. The van der Waals surface area contributed by atoms with E-state index in [4.69, 9.17) is 44.6 Å². The lowest BCUT2D eigenvalue weighted by Crippen LogP contribution is -2.33. The highest BCUT2D eigenvalue weighted by Crippen LogP contribution is 2.50. The third-order valence-electron chi connectivity index (χ3n) is 5.14. The maximum atomic E-state index is 6.49. The second-order valence-electron chi connectivity index (χ2n) is 6.98. The molecule has 0 radical (unpaired) electrons. The molecule has 7 heteroatoms. The molecule has 2 atom stereocenters. The Morgan fingerprint density at radius 1 is 0.931 bits per heavy atom. The van der Waals surface area contributed by atoms with Gasteiger partial charge in [0.25, 0.3) is 0 Å². The third-order valence-corrected chi connectivity index (χ3v) is 6.42. The van der Waals surface area contributed by atoms with Crippen molar-refractivity contribution in [1.29, 1.82) is 0 Å². The number of halogens is 4. The number of benzene rings is 3. The highest BCUT2D eigenvalue weighted by atomic mass is 79.9. The zero-order chi connectivity index (χ0) is 20.1. The lowest BCUT2D eigenvalue weighted by atomic mass is 9.96. The number of ether oxygens (including phenoxy) is 1. The molecule has 0 fully saturated rings. The SMILES string of the molecule is Clc1ccc([C@H]2Oc3c(Cl)cc(Cl)cc3[C@@H]3CC(c4ccc(Br)cc4)=NN23)cc1. The molecule has 0 unspecified atom stereocenters. The Kier molecular flexibility index (Phi) is 4.99. The second-order valence-corrected chi connectivity index (χ2v) is 9.18. The summed E-state index contributed by atoms with van der Waals surface area (Å²) in [6, 6.07) is 19.4. The van der Waals surface area contributed by atoms with E-state index in [-0.39, 0.29) is 6.04 Å². The Balaban J connectivity index is 1.62. The van der Waals surface area contributed by atoms with E-state index in [0.717, 1.165) is 33.3 Å². The predicted molar refractivity (Wildman–Crippen MR) is 121 cm³/mol. The van der Waals surface area contributed by atoms with Crippen molar-refractivity contribution >= 4 is 56.4 Å². The second kappa shape index (κ2) is 7.51. The Hall–Kier alpha value is -1.72. The summed E-state index contributed by atoms with van der Waals surface area (Å²) < 4.78 is 7.37. The summed E-state index contributed by atoms with van der Waals surface area (Å²) in [7, 11) is 0. The first-order valence-corrected chi connectivity index (χ1v) is 10.9. The lowest BCUT2D eigenvalue weighted by Gasteiger charge is -2.38. The molecule has 146 valence electrons. The van der Waals surface area contributed by atoms with E-state index in [1.54, 1.807) is 6.07 Å². The van der Waals surface area contributed by atoms with Gasteiger partial charge in [-0.25, -0.2) is 5.01 Å². The van der Waals surface area contributed by atoms with Crippen molar-refractivity contribution in [2.75, 3.05) is 0 Å². The fraction of sp³-hybridized carbons (Fsp3) is 0.136. The van der Waals surface area contributed by atoms with Gasteiger partial charge < -0.3 is 4.74 Å². The Morgan fingerprint density at radius 2 is 1.66 bits per heavy atom. The lowest BCUT2D eigenvalue weighted by molar-refractivity contribution is -0.0189. The molecular weight excluding hydrogens is 495 g/mol. The van der Waals surface area contributed by atoms with Crippen LogP contribution in [0.4, 0.5) is 0 Å². The molecule has 3 aromatic carbocycles. The molecule has 2 aliphatic heterocycles. The first kappa shape index (κ1) is 19.3. The predicted octanol–water partition coefficient (Wildman–Crippen LogP) is 7.65. The summed E-state index contributed by atoms with van der Waals surface area (Å²) in [6.07, 6.45) is 0.329. The van der Waals surface area contributed by atoms with Crippen LogP contribution in [-0.4, -0.2) is 10.7 Å². The number of hydrogen-bond acceptors (Lipinski definition) is 3. The smallest absolute Gasteiger partial charge is 0.213 e. The molecule has 0 aliphatic carbocycles. The minimum Gasteiger partial charge on any atom is -0.463 e. The van der Waals surface area contributed by atoms with Gasteiger partial charge in [0.05, 0.1) is 16.8 Å². The van der Waals surface area contributed by atoms with Gasteiger partial charge in [0.1, 0.15) is 5.75 Å². The topological polar surface area (TPSA) is 24.8 Å². The van der Waals surface area contributed by atoms with Crippen molar-refractivity contribution < 1.29 is 4.74 Å². The zero-order valence-corrected chi connectivity index (χ0v) is 18.8. The first-order chi connectivity index (χ1) is 14.0. The van der Waals surface area contributed by atoms with E-state index in [2.05, 4.69) is 28.1 Å². The number of fused-ring (bicyclic) bond motifs is 3. The molecule has 0 aromatic heterocycles. The number of hydrogen-bond donors (Lipinski definition) is 0. The molecule has 29 heavy (non-hydrogen) atoms. The number of hydrazone groups is 1. The van der Waals surface area contributed by atoms with Crippen LogP contribution in [0.1, 0.15) is 35.4 Å². The number of rotatable bonds is 2. The maximum Gasteiger partial charge on any atom is 0.213 e. The van der Waals surface area contributed by atoms with Gasteiger partial charge in [-0.2, -0.15) is 5.10 Å². The van der Waals surface area contributed by atoms with E-state index in [1.807, 2.05) is 47.5 Å². The molecule has 0 spiro atoms. The summed E-state index contributed by atoms with van der Waals surface area (Å²) in [5.74, 6) is 0.657. The van der Waals surface area contributed by atoms with Crippen LogP contribution >= 0.6 is 50.7 Å². The van der Waals surface area contributed by atoms with Crippen LogP contribution in [0.3, 0.4) is 0 Å². The minimum absolute atomic E-state index is 0.0192. The fourth-order valence-electron chi connectivity index (χ4n) is 3.78. The van der Waals surface area contributed by atoms with E-state index in [0.29, 0.717) is 20.8 Å². The minimum atomic E-state index is -0.406. The van der Waals surface area contributed by atoms with Gasteiger partial charge >= 0.3 is 0 Å². The van der Waals surface area contributed by atoms with Gasteiger partial charge in [0.2, 0.25) is 6.23 Å². The van der Waals surface area contributed by atoms with Gasteiger partial charge in [-0.15, -0.1) is 0 Å².